The largest absolute Gasteiger partial charge is 0.393 e. The Kier molecular flexibility index (Phi) is 1.18. The first-order valence-corrected chi connectivity index (χ1v) is 5.02. The highest BCUT2D eigenvalue weighted by Gasteiger charge is 2.49. The fourth-order valence-electron chi connectivity index (χ4n) is 3.85. The fourth-order valence-corrected chi connectivity index (χ4v) is 3.85. The first-order chi connectivity index (χ1) is 5.34. The summed E-state index contributed by atoms with van der Waals surface area (Å²) < 4.78 is 0. The standard InChI is InChI=1S/C10H16O/c11-10-5-8-4-9(10)7-2-1-6(8)3-7/h6-11H,1-5H2/t6-,7+,8-,9-,10+/m1/s1. The second kappa shape index (κ2) is 2.01. The summed E-state index contributed by atoms with van der Waals surface area (Å²) in [5, 5.41) is 9.72. The molecule has 0 radical (unpaired) electrons. The first-order valence-electron chi connectivity index (χ1n) is 5.02. The van der Waals surface area contributed by atoms with E-state index in [1.807, 2.05) is 0 Å². The van der Waals surface area contributed by atoms with Gasteiger partial charge in [0.15, 0.2) is 0 Å². The van der Waals surface area contributed by atoms with Crippen LogP contribution >= 0.6 is 0 Å². The minimum Gasteiger partial charge on any atom is -0.393 e. The van der Waals surface area contributed by atoms with Crippen molar-refractivity contribution in [1.82, 2.24) is 0 Å². The summed E-state index contributed by atoms with van der Waals surface area (Å²) in [5.41, 5.74) is 0. The van der Waals surface area contributed by atoms with Crippen LogP contribution in [0.3, 0.4) is 0 Å². The van der Waals surface area contributed by atoms with Gasteiger partial charge in [0.25, 0.3) is 0 Å². The van der Waals surface area contributed by atoms with Crippen molar-refractivity contribution in [1.29, 1.82) is 0 Å². The second-order valence-corrected chi connectivity index (χ2v) is 4.80. The van der Waals surface area contributed by atoms with Crippen molar-refractivity contribution in [2.75, 3.05) is 0 Å². The number of rotatable bonds is 0. The lowest BCUT2D eigenvalue weighted by molar-refractivity contribution is 0.0999. The number of aliphatic hydroxyl groups excluding tert-OH is 1. The quantitative estimate of drug-likeness (QED) is 0.561. The van der Waals surface area contributed by atoms with Crippen molar-refractivity contribution in [2.24, 2.45) is 23.7 Å². The van der Waals surface area contributed by atoms with Crippen molar-refractivity contribution < 1.29 is 5.11 Å². The molecular formula is C10H16O. The normalized spacial score (nSPS) is 60.3. The molecule has 0 spiro atoms. The van der Waals surface area contributed by atoms with E-state index in [0.717, 1.165) is 24.2 Å². The Morgan fingerprint density at radius 3 is 2.55 bits per heavy atom. The van der Waals surface area contributed by atoms with Crippen LogP contribution in [0.4, 0.5) is 0 Å². The zero-order valence-electron chi connectivity index (χ0n) is 6.87. The molecule has 3 aliphatic rings. The average molecular weight is 152 g/mol. The molecule has 0 aromatic heterocycles. The molecule has 3 saturated carbocycles. The lowest BCUT2D eigenvalue weighted by atomic mass is 9.79. The van der Waals surface area contributed by atoms with Gasteiger partial charge in [0.05, 0.1) is 6.10 Å². The van der Waals surface area contributed by atoms with E-state index >= 15 is 0 Å². The van der Waals surface area contributed by atoms with E-state index in [4.69, 9.17) is 0 Å². The van der Waals surface area contributed by atoms with Gasteiger partial charge in [-0.3, -0.25) is 0 Å². The van der Waals surface area contributed by atoms with Crippen molar-refractivity contribution in [2.45, 2.75) is 38.2 Å². The molecule has 1 N–H and O–H groups in total. The van der Waals surface area contributed by atoms with Crippen molar-refractivity contribution >= 4 is 0 Å². The van der Waals surface area contributed by atoms with Gasteiger partial charge in [-0.1, -0.05) is 0 Å². The first kappa shape index (κ1) is 6.47. The molecule has 4 bridgehead atoms. The van der Waals surface area contributed by atoms with Gasteiger partial charge in [-0.05, 0) is 55.8 Å². The lowest BCUT2D eigenvalue weighted by Crippen LogP contribution is -2.22. The molecule has 0 saturated heterocycles. The third kappa shape index (κ3) is 0.752. The summed E-state index contributed by atoms with van der Waals surface area (Å²) in [5.74, 6) is 3.54. The van der Waals surface area contributed by atoms with E-state index in [0.29, 0.717) is 5.92 Å². The highest BCUT2D eigenvalue weighted by Crippen LogP contribution is 2.55. The van der Waals surface area contributed by atoms with Gasteiger partial charge in [-0.15, -0.1) is 0 Å². The zero-order chi connectivity index (χ0) is 7.42. The van der Waals surface area contributed by atoms with Gasteiger partial charge >= 0.3 is 0 Å². The van der Waals surface area contributed by atoms with Gasteiger partial charge < -0.3 is 5.11 Å². The molecule has 3 fully saturated rings. The van der Waals surface area contributed by atoms with Gasteiger partial charge in [-0.25, -0.2) is 0 Å². The zero-order valence-corrected chi connectivity index (χ0v) is 6.87. The summed E-state index contributed by atoms with van der Waals surface area (Å²) >= 11 is 0. The van der Waals surface area contributed by atoms with E-state index < -0.39 is 0 Å². The third-order valence-electron chi connectivity index (χ3n) is 4.40. The van der Waals surface area contributed by atoms with E-state index in [1.54, 1.807) is 0 Å². The van der Waals surface area contributed by atoms with E-state index in [-0.39, 0.29) is 6.10 Å². The molecule has 0 unspecified atom stereocenters. The van der Waals surface area contributed by atoms with Crippen LogP contribution in [-0.4, -0.2) is 11.2 Å². The maximum Gasteiger partial charge on any atom is 0.0573 e. The summed E-state index contributed by atoms with van der Waals surface area (Å²) in [4.78, 5) is 0. The Hall–Kier alpha value is -0.0400. The second-order valence-electron chi connectivity index (χ2n) is 4.80. The van der Waals surface area contributed by atoms with Crippen LogP contribution < -0.4 is 0 Å². The topological polar surface area (TPSA) is 20.2 Å². The molecule has 3 rings (SSSR count). The van der Waals surface area contributed by atoms with Gasteiger partial charge in [0.1, 0.15) is 0 Å². The minimum atomic E-state index is 0.0790. The van der Waals surface area contributed by atoms with Crippen LogP contribution in [0.2, 0.25) is 0 Å². The molecule has 1 nitrogen and oxygen atoms in total. The molecule has 0 aromatic rings. The number of hydrogen-bond acceptors (Lipinski definition) is 1. The predicted octanol–water partition coefficient (Wildman–Crippen LogP) is 1.80. The van der Waals surface area contributed by atoms with Crippen LogP contribution in [0.1, 0.15) is 32.1 Å². The number of hydrogen-bond donors (Lipinski definition) is 1. The fraction of sp³-hybridized carbons (Fsp3) is 1.00. The Bertz CT molecular complexity index is 178. The molecule has 0 amide bonds. The van der Waals surface area contributed by atoms with Crippen LogP contribution in [-0.2, 0) is 0 Å². The molecule has 0 heterocycles. The molecule has 5 atom stereocenters. The number of aliphatic hydroxyl groups is 1. The predicted molar refractivity (Wildman–Crippen MR) is 43.1 cm³/mol. The van der Waals surface area contributed by atoms with E-state index in [2.05, 4.69) is 0 Å². The minimum absolute atomic E-state index is 0.0790. The van der Waals surface area contributed by atoms with E-state index in [1.165, 1.54) is 25.7 Å². The highest BCUT2D eigenvalue weighted by atomic mass is 16.3. The molecule has 0 aromatic carbocycles. The average Bonchev–Trinajstić information content (AvgIpc) is 2.49. The van der Waals surface area contributed by atoms with Gasteiger partial charge in [-0.2, -0.15) is 0 Å². The molecular weight excluding hydrogens is 136 g/mol. The van der Waals surface area contributed by atoms with Crippen molar-refractivity contribution in [3.8, 4) is 0 Å². The smallest absolute Gasteiger partial charge is 0.0573 e. The molecule has 1 heteroatoms. The summed E-state index contributed by atoms with van der Waals surface area (Å²) in [6.45, 7) is 0. The summed E-state index contributed by atoms with van der Waals surface area (Å²) in [6.07, 6.45) is 6.91. The lowest BCUT2D eigenvalue weighted by Gasteiger charge is -2.26. The summed E-state index contributed by atoms with van der Waals surface area (Å²) in [7, 11) is 0. The number of fused-ring (bicyclic) bond motifs is 6. The maximum absolute atomic E-state index is 9.72. The Labute approximate surface area is 67.8 Å². The third-order valence-corrected chi connectivity index (χ3v) is 4.40. The van der Waals surface area contributed by atoms with Crippen molar-refractivity contribution in [3.05, 3.63) is 0 Å². The Morgan fingerprint density at radius 2 is 1.64 bits per heavy atom. The van der Waals surface area contributed by atoms with Crippen LogP contribution in [0.25, 0.3) is 0 Å². The van der Waals surface area contributed by atoms with Gasteiger partial charge in [0, 0.05) is 0 Å². The van der Waals surface area contributed by atoms with Crippen molar-refractivity contribution in [3.63, 3.8) is 0 Å². The van der Waals surface area contributed by atoms with Crippen LogP contribution in [0.15, 0.2) is 0 Å². The van der Waals surface area contributed by atoms with E-state index in [9.17, 15) is 5.11 Å². The molecule has 62 valence electrons. The molecule has 3 aliphatic carbocycles. The van der Waals surface area contributed by atoms with Crippen LogP contribution in [0, 0.1) is 23.7 Å². The van der Waals surface area contributed by atoms with Gasteiger partial charge in [0.2, 0.25) is 0 Å². The monoisotopic (exact) mass is 152 g/mol. The molecule has 0 aliphatic heterocycles. The molecule has 11 heavy (non-hydrogen) atoms. The Balaban J connectivity index is 1.93. The SMILES string of the molecule is O[C@H]1C[C@H]2C[C@@H]1[C@H]1CC[C@@H]2C1. The Morgan fingerprint density at radius 1 is 0.818 bits per heavy atom. The highest BCUT2D eigenvalue weighted by molar-refractivity contribution is 4.99. The van der Waals surface area contributed by atoms with Crippen LogP contribution in [0.5, 0.6) is 0 Å². The maximum atomic E-state index is 9.72. The summed E-state index contributed by atoms with van der Waals surface area (Å²) in [6, 6.07) is 0.